The van der Waals surface area contributed by atoms with E-state index in [1.807, 2.05) is 42.5 Å². The average molecular weight is 536 g/mol. The molecule has 4 aromatic rings. The minimum Gasteiger partial charge on any atom is -0.497 e. The fraction of sp³-hybridized carbons (Fsp3) is 0.179. The summed E-state index contributed by atoms with van der Waals surface area (Å²) in [7, 11) is 4.76. The van der Waals surface area contributed by atoms with E-state index in [9.17, 15) is 4.79 Å². The van der Waals surface area contributed by atoms with Crippen LogP contribution >= 0.6 is 23.2 Å². The predicted molar refractivity (Wildman–Crippen MR) is 144 cm³/mol. The largest absolute Gasteiger partial charge is 0.497 e. The normalized spacial score (nSPS) is 15.0. The SMILES string of the molecule is COc1ccc2nc(Cl)c([C@@H]3CC(c4ccc(OC)c(OC)c4)=NN3C(=O)c3cccc(Cl)c3)cc2c1. The van der Waals surface area contributed by atoms with E-state index in [0.717, 1.165) is 16.5 Å². The van der Waals surface area contributed by atoms with Crippen molar-refractivity contribution >= 4 is 45.7 Å². The molecule has 1 amide bonds. The summed E-state index contributed by atoms with van der Waals surface area (Å²) in [4.78, 5) is 18.3. The number of hydrazone groups is 1. The first-order valence-corrected chi connectivity index (χ1v) is 12.2. The lowest BCUT2D eigenvalue weighted by atomic mass is 9.97. The van der Waals surface area contributed by atoms with Crippen molar-refractivity contribution in [2.75, 3.05) is 21.3 Å². The van der Waals surface area contributed by atoms with Crippen molar-refractivity contribution in [1.82, 2.24) is 9.99 Å². The highest BCUT2D eigenvalue weighted by molar-refractivity contribution is 6.31. The topological polar surface area (TPSA) is 73.2 Å². The van der Waals surface area contributed by atoms with E-state index in [1.54, 1.807) is 45.6 Å². The van der Waals surface area contributed by atoms with Gasteiger partial charge in [-0.25, -0.2) is 9.99 Å². The summed E-state index contributed by atoms with van der Waals surface area (Å²) >= 11 is 12.9. The van der Waals surface area contributed by atoms with E-state index in [1.165, 1.54) is 5.01 Å². The molecule has 1 aliphatic rings. The van der Waals surface area contributed by atoms with Crippen LogP contribution in [0.4, 0.5) is 0 Å². The summed E-state index contributed by atoms with van der Waals surface area (Å²) in [5.41, 5.74) is 3.32. The number of rotatable bonds is 6. The molecule has 3 aromatic carbocycles. The van der Waals surface area contributed by atoms with Crippen LogP contribution in [0.3, 0.4) is 0 Å². The second-order valence-corrected chi connectivity index (χ2v) is 9.22. The molecule has 5 rings (SSSR count). The maximum atomic E-state index is 13.7. The summed E-state index contributed by atoms with van der Waals surface area (Å²) in [6.07, 6.45) is 0.415. The van der Waals surface area contributed by atoms with E-state index < -0.39 is 6.04 Å². The van der Waals surface area contributed by atoms with Gasteiger partial charge >= 0.3 is 0 Å². The lowest BCUT2D eigenvalue weighted by Gasteiger charge is -2.23. The Morgan fingerprint density at radius 2 is 1.73 bits per heavy atom. The molecule has 0 saturated heterocycles. The van der Waals surface area contributed by atoms with Gasteiger partial charge in [0.25, 0.3) is 5.91 Å². The van der Waals surface area contributed by atoms with E-state index in [2.05, 4.69) is 4.98 Å². The third-order valence-corrected chi connectivity index (χ3v) is 6.81. The van der Waals surface area contributed by atoms with E-state index in [4.69, 9.17) is 42.5 Å². The number of carbonyl (C=O) groups excluding carboxylic acids is 1. The summed E-state index contributed by atoms with van der Waals surface area (Å²) in [6, 6.07) is 19.3. The number of fused-ring (bicyclic) bond motifs is 1. The molecule has 0 radical (unpaired) electrons. The highest BCUT2D eigenvalue weighted by atomic mass is 35.5. The molecule has 1 aliphatic heterocycles. The first kappa shape index (κ1) is 24.9. The summed E-state index contributed by atoms with van der Waals surface area (Å²) in [5, 5.41) is 7.81. The Kier molecular flexibility index (Phi) is 6.91. The molecule has 0 aliphatic carbocycles. The fourth-order valence-corrected chi connectivity index (χ4v) is 4.85. The number of pyridine rings is 1. The number of benzene rings is 3. The molecule has 1 aromatic heterocycles. The number of hydrogen-bond donors (Lipinski definition) is 0. The van der Waals surface area contributed by atoms with Crippen LogP contribution in [0.25, 0.3) is 10.9 Å². The minimum atomic E-state index is -0.495. The Hall–Kier alpha value is -3.81. The van der Waals surface area contributed by atoms with Gasteiger partial charge in [0.2, 0.25) is 0 Å². The number of hydrogen-bond acceptors (Lipinski definition) is 6. The predicted octanol–water partition coefficient (Wildman–Crippen LogP) is 6.56. The molecule has 1 atom stereocenters. The smallest absolute Gasteiger partial charge is 0.274 e. The quantitative estimate of drug-likeness (QED) is 0.261. The van der Waals surface area contributed by atoms with Crippen molar-refractivity contribution in [1.29, 1.82) is 0 Å². The molecule has 0 spiro atoms. The first-order valence-electron chi connectivity index (χ1n) is 11.4. The Labute approximate surface area is 224 Å². The number of methoxy groups -OCH3 is 3. The van der Waals surface area contributed by atoms with Crippen LogP contribution in [0, 0.1) is 0 Å². The van der Waals surface area contributed by atoms with E-state index in [0.29, 0.717) is 50.7 Å². The molecule has 37 heavy (non-hydrogen) atoms. The van der Waals surface area contributed by atoms with Crippen molar-refractivity contribution in [2.24, 2.45) is 5.10 Å². The minimum absolute atomic E-state index is 0.301. The molecule has 7 nitrogen and oxygen atoms in total. The monoisotopic (exact) mass is 535 g/mol. The van der Waals surface area contributed by atoms with Crippen LogP contribution in [0.5, 0.6) is 17.2 Å². The lowest BCUT2D eigenvalue weighted by molar-refractivity contribution is 0.0711. The van der Waals surface area contributed by atoms with Gasteiger partial charge in [0.1, 0.15) is 10.9 Å². The number of carbonyl (C=O) groups is 1. The number of aromatic nitrogens is 1. The maximum absolute atomic E-state index is 13.7. The molecule has 2 heterocycles. The zero-order chi connectivity index (χ0) is 26.1. The first-order chi connectivity index (χ1) is 17.9. The molecule has 0 unspecified atom stereocenters. The molecular formula is C28H23Cl2N3O4. The number of halogens is 2. The summed E-state index contributed by atoms with van der Waals surface area (Å²) in [6.45, 7) is 0. The van der Waals surface area contributed by atoms with Gasteiger partial charge in [-0.2, -0.15) is 5.10 Å². The number of ether oxygens (including phenoxy) is 3. The Bertz CT molecular complexity index is 1540. The van der Waals surface area contributed by atoms with Crippen molar-refractivity contribution in [3.63, 3.8) is 0 Å². The van der Waals surface area contributed by atoms with Crippen molar-refractivity contribution in [2.45, 2.75) is 12.5 Å². The van der Waals surface area contributed by atoms with E-state index >= 15 is 0 Å². The van der Waals surface area contributed by atoms with Crippen LogP contribution < -0.4 is 14.2 Å². The second-order valence-electron chi connectivity index (χ2n) is 8.42. The van der Waals surface area contributed by atoms with Crippen LogP contribution in [0.15, 0.2) is 71.8 Å². The van der Waals surface area contributed by atoms with Gasteiger partial charge in [-0.15, -0.1) is 0 Å². The van der Waals surface area contributed by atoms with Crippen molar-refractivity contribution in [3.8, 4) is 17.2 Å². The Morgan fingerprint density at radius 1 is 0.919 bits per heavy atom. The van der Waals surface area contributed by atoms with Crippen molar-refractivity contribution in [3.05, 3.63) is 93.6 Å². The Morgan fingerprint density at radius 3 is 2.46 bits per heavy atom. The fourth-order valence-electron chi connectivity index (χ4n) is 4.39. The van der Waals surface area contributed by atoms with Crippen LogP contribution in [-0.4, -0.2) is 42.9 Å². The van der Waals surface area contributed by atoms with Crippen LogP contribution in [0.1, 0.15) is 33.9 Å². The molecule has 0 N–H and O–H groups in total. The van der Waals surface area contributed by atoms with Gasteiger partial charge in [-0.05, 0) is 60.7 Å². The van der Waals surface area contributed by atoms with E-state index in [-0.39, 0.29) is 5.91 Å². The lowest BCUT2D eigenvalue weighted by Crippen LogP contribution is -2.27. The highest BCUT2D eigenvalue weighted by Crippen LogP contribution is 2.39. The molecule has 0 bridgehead atoms. The molecule has 0 fully saturated rings. The van der Waals surface area contributed by atoms with Gasteiger partial charge in [0.15, 0.2) is 11.5 Å². The molecule has 188 valence electrons. The maximum Gasteiger partial charge on any atom is 0.274 e. The molecule has 0 saturated carbocycles. The van der Waals surface area contributed by atoms with Gasteiger partial charge in [-0.1, -0.05) is 29.3 Å². The zero-order valence-corrected chi connectivity index (χ0v) is 21.9. The molecule has 9 heteroatoms. The average Bonchev–Trinajstić information content (AvgIpc) is 3.36. The highest BCUT2D eigenvalue weighted by Gasteiger charge is 2.36. The van der Waals surface area contributed by atoms with Gasteiger partial charge in [0, 0.05) is 33.5 Å². The van der Waals surface area contributed by atoms with Gasteiger partial charge in [0.05, 0.1) is 38.6 Å². The van der Waals surface area contributed by atoms with Crippen molar-refractivity contribution < 1.29 is 19.0 Å². The van der Waals surface area contributed by atoms with Gasteiger partial charge in [-0.3, -0.25) is 4.79 Å². The second kappa shape index (κ2) is 10.3. The third-order valence-electron chi connectivity index (χ3n) is 6.27. The van der Waals surface area contributed by atoms with Crippen LogP contribution in [-0.2, 0) is 0 Å². The number of amides is 1. The standard InChI is InChI=1S/C28H23Cl2N3O4/c1-35-20-8-9-22-18(12-20)13-21(27(30)31-22)24-15-23(16-7-10-25(36-2)26(14-16)37-3)32-33(24)28(34)17-5-4-6-19(29)11-17/h4-14,24H,15H2,1-3H3/t24-/m0/s1. The summed E-state index contributed by atoms with van der Waals surface area (Å²) < 4.78 is 16.2. The zero-order valence-electron chi connectivity index (χ0n) is 20.4. The van der Waals surface area contributed by atoms with Crippen LogP contribution in [0.2, 0.25) is 10.2 Å². The summed E-state index contributed by atoms with van der Waals surface area (Å²) in [5.74, 6) is 1.56. The number of nitrogens with zero attached hydrogens (tertiary/aromatic N) is 3. The Balaban J connectivity index is 1.61. The third kappa shape index (κ3) is 4.80. The molecular weight excluding hydrogens is 513 g/mol. The van der Waals surface area contributed by atoms with Gasteiger partial charge < -0.3 is 14.2 Å².